The van der Waals surface area contributed by atoms with Gasteiger partial charge in [-0.2, -0.15) is 0 Å². The van der Waals surface area contributed by atoms with E-state index in [0.717, 1.165) is 16.2 Å². The van der Waals surface area contributed by atoms with Gasteiger partial charge in [-0.1, -0.05) is 12.1 Å². The molecule has 0 spiro atoms. The molecule has 2 aromatic rings. The van der Waals surface area contributed by atoms with Crippen LogP contribution in [-0.4, -0.2) is 70.1 Å². The molecule has 2 aliphatic rings. The molecular weight excluding hydrogens is 455 g/mol. The highest BCUT2D eigenvalue weighted by Crippen LogP contribution is 2.30. The topological polar surface area (TPSA) is 196 Å². The largest absolute Gasteiger partial charge is 0.547 e. The molecule has 4 rings (SSSR count). The molecule has 1 saturated heterocycles. The third kappa shape index (κ3) is 4.54. The third-order valence-electron chi connectivity index (χ3n) is 5.14. The number of aromatic carboxylic acids is 1. The second kappa shape index (κ2) is 8.95. The molecule has 1 aromatic heterocycles. The maximum Gasteiger partial charge on any atom is 0.547 e. The lowest BCUT2D eigenvalue weighted by Gasteiger charge is -2.30. The van der Waals surface area contributed by atoms with Crippen molar-refractivity contribution in [2.24, 2.45) is 0 Å². The fourth-order valence-corrected chi connectivity index (χ4v) is 4.14. The van der Waals surface area contributed by atoms with Gasteiger partial charge in [-0.3, -0.25) is 4.79 Å². The number of para-hydroxylation sites is 1. The number of urea groups is 2. The van der Waals surface area contributed by atoms with Gasteiger partial charge >= 0.3 is 25.1 Å². The van der Waals surface area contributed by atoms with Crippen LogP contribution in [-0.2, 0) is 11.2 Å². The van der Waals surface area contributed by atoms with Crippen molar-refractivity contribution in [1.82, 2.24) is 25.8 Å². The first-order valence-electron chi connectivity index (χ1n) is 9.81. The highest BCUT2D eigenvalue weighted by atomic mass is 32.1. The van der Waals surface area contributed by atoms with E-state index < -0.39 is 43.0 Å². The van der Waals surface area contributed by atoms with Gasteiger partial charge in [-0.15, -0.1) is 11.3 Å². The average molecular weight is 474 g/mol. The summed E-state index contributed by atoms with van der Waals surface area (Å²) in [4.78, 5) is 53.8. The number of fused-ring (bicyclic) bond motifs is 1. The van der Waals surface area contributed by atoms with Crippen LogP contribution in [0, 0.1) is 0 Å². The van der Waals surface area contributed by atoms with Crippen LogP contribution in [0.5, 0.6) is 5.75 Å². The molecule has 1 fully saturated rings. The number of rotatable bonds is 5. The Labute approximate surface area is 191 Å². The van der Waals surface area contributed by atoms with Crippen molar-refractivity contribution in [3.8, 4) is 5.75 Å². The van der Waals surface area contributed by atoms with Crippen molar-refractivity contribution in [3.05, 3.63) is 40.4 Å². The molecule has 0 saturated carbocycles. The number of hydrogen-bond acceptors (Lipinski definition) is 9. The zero-order valence-corrected chi connectivity index (χ0v) is 17.8. The summed E-state index contributed by atoms with van der Waals surface area (Å²) >= 11 is 1.06. The number of nitrogens with one attached hydrogen (secondary N) is 3. The predicted octanol–water partition coefficient (Wildman–Crippen LogP) is -0.661. The second-order valence-electron chi connectivity index (χ2n) is 7.30. The van der Waals surface area contributed by atoms with Gasteiger partial charge in [0.05, 0.1) is 17.2 Å². The van der Waals surface area contributed by atoms with Crippen molar-refractivity contribution >= 4 is 47.5 Å². The van der Waals surface area contributed by atoms with Gasteiger partial charge in [-0.25, -0.2) is 24.3 Å². The molecule has 7 N–H and O–H groups in total. The van der Waals surface area contributed by atoms with Crippen molar-refractivity contribution in [2.45, 2.75) is 18.4 Å². The minimum Gasteiger partial charge on any atom is -0.534 e. The lowest BCUT2D eigenvalue weighted by Crippen LogP contribution is -2.56. The molecule has 0 aliphatic carbocycles. The normalized spacial score (nSPS) is 18.1. The standard InChI is InChI=1S/C18H19BN6O7S/c20-16-22-10(7-33-16)12(24-18(30)25-5-4-21-17(25)29)14(26)23-11-6-8-2-1-3-9(15(27)28)13(8)32-19(11)31/h1-3,7,11-12,31H,4-6H2,(H2,20,22)(H,21,29)(H,23,26)(H,24,30)(H,27,28)/t11-,12?/m0/s1. The van der Waals surface area contributed by atoms with Crippen LogP contribution in [0.25, 0.3) is 0 Å². The lowest BCUT2D eigenvalue weighted by atomic mass is 9.72. The Hall–Kier alpha value is -3.85. The lowest BCUT2D eigenvalue weighted by molar-refractivity contribution is -0.123. The molecule has 0 radical (unpaired) electrons. The van der Waals surface area contributed by atoms with E-state index in [0.29, 0.717) is 5.56 Å². The zero-order valence-electron chi connectivity index (χ0n) is 17.0. The smallest absolute Gasteiger partial charge is 0.534 e. The Morgan fingerprint density at radius 1 is 1.39 bits per heavy atom. The van der Waals surface area contributed by atoms with Crippen molar-refractivity contribution in [3.63, 3.8) is 0 Å². The Morgan fingerprint density at radius 3 is 2.82 bits per heavy atom. The van der Waals surface area contributed by atoms with Gasteiger partial charge in [0.15, 0.2) is 11.2 Å². The van der Waals surface area contributed by atoms with Crippen LogP contribution in [0.3, 0.4) is 0 Å². The maximum atomic E-state index is 13.1. The summed E-state index contributed by atoms with van der Waals surface area (Å²) in [6.45, 7) is 0.423. The number of nitrogen functional groups attached to an aromatic ring is 1. The third-order valence-corrected chi connectivity index (χ3v) is 5.84. The molecule has 2 atom stereocenters. The van der Waals surface area contributed by atoms with Gasteiger partial charge in [0.1, 0.15) is 5.75 Å². The number of nitrogens with two attached hydrogens (primary N) is 1. The molecule has 33 heavy (non-hydrogen) atoms. The first kappa shape index (κ1) is 22.4. The first-order chi connectivity index (χ1) is 15.7. The predicted molar refractivity (Wildman–Crippen MR) is 116 cm³/mol. The SMILES string of the molecule is Nc1nc(C(NC(=O)N2CCNC2=O)C(=O)N[C@H]2Cc3cccc(C(=O)O)c3OB2O)cs1. The molecule has 2 aliphatic heterocycles. The summed E-state index contributed by atoms with van der Waals surface area (Å²) in [7, 11) is -1.54. The van der Waals surface area contributed by atoms with Crippen molar-refractivity contribution in [2.75, 3.05) is 18.8 Å². The molecule has 172 valence electrons. The summed E-state index contributed by atoms with van der Waals surface area (Å²) in [6, 6.07) is 1.81. The number of aromatic nitrogens is 1. The van der Waals surface area contributed by atoms with E-state index in [2.05, 4.69) is 20.9 Å². The molecule has 15 heteroatoms. The molecule has 5 amide bonds. The summed E-state index contributed by atoms with van der Waals surface area (Å²) < 4.78 is 5.38. The van der Waals surface area contributed by atoms with Gasteiger partial charge in [0.25, 0.3) is 0 Å². The monoisotopic (exact) mass is 474 g/mol. The quantitative estimate of drug-likeness (QED) is 0.305. The number of nitrogens with zero attached hydrogens (tertiary/aromatic N) is 2. The summed E-state index contributed by atoms with van der Waals surface area (Å²) in [6.07, 6.45) is 0.0811. The van der Waals surface area contributed by atoms with Crippen molar-refractivity contribution < 1.29 is 34.0 Å². The summed E-state index contributed by atoms with van der Waals surface area (Å²) in [5, 5.41) is 28.9. The fourth-order valence-electron chi connectivity index (χ4n) is 3.56. The van der Waals surface area contributed by atoms with E-state index in [1.54, 1.807) is 6.07 Å². The highest BCUT2D eigenvalue weighted by Gasteiger charge is 2.40. The summed E-state index contributed by atoms with van der Waals surface area (Å²) in [5.74, 6) is -2.85. The minimum atomic E-state index is -1.54. The van der Waals surface area contributed by atoms with E-state index in [1.807, 2.05) is 0 Å². The van der Waals surface area contributed by atoms with Gasteiger partial charge in [0, 0.05) is 18.5 Å². The van der Waals surface area contributed by atoms with Crippen molar-refractivity contribution in [1.29, 1.82) is 0 Å². The highest BCUT2D eigenvalue weighted by molar-refractivity contribution is 7.13. The number of carboxylic acid groups (broad SMARTS) is 1. The van der Waals surface area contributed by atoms with E-state index in [9.17, 15) is 29.3 Å². The number of thiazole rings is 1. The van der Waals surface area contributed by atoms with Crippen LogP contribution in [0.2, 0.25) is 0 Å². The van der Waals surface area contributed by atoms with Crippen LogP contribution in [0.1, 0.15) is 27.7 Å². The number of amides is 5. The molecular formula is C18H19BN6O7S. The molecule has 0 bridgehead atoms. The van der Waals surface area contributed by atoms with Crippen LogP contribution < -0.4 is 26.3 Å². The minimum absolute atomic E-state index is 0.0279. The van der Waals surface area contributed by atoms with E-state index >= 15 is 0 Å². The number of carboxylic acids is 1. The maximum absolute atomic E-state index is 13.1. The number of imide groups is 1. The van der Waals surface area contributed by atoms with Gasteiger partial charge in [-0.05, 0) is 18.1 Å². The zero-order chi connectivity index (χ0) is 23.7. The number of carbonyl (C=O) groups excluding carboxylic acids is 3. The molecule has 1 unspecified atom stereocenters. The molecule has 13 nitrogen and oxygen atoms in total. The fraction of sp³-hybridized carbons (Fsp3) is 0.278. The van der Waals surface area contributed by atoms with E-state index in [1.165, 1.54) is 17.5 Å². The Bertz CT molecular complexity index is 1130. The summed E-state index contributed by atoms with van der Waals surface area (Å²) in [5.41, 5.74) is 6.20. The van der Waals surface area contributed by atoms with E-state index in [4.69, 9.17) is 10.4 Å². The molecule has 3 heterocycles. The van der Waals surface area contributed by atoms with Crippen LogP contribution >= 0.6 is 11.3 Å². The Balaban J connectivity index is 1.53. The van der Waals surface area contributed by atoms with Gasteiger partial charge in [0.2, 0.25) is 5.91 Å². The average Bonchev–Trinajstić information content (AvgIpc) is 3.39. The first-order valence-corrected chi connectivity index (χ1v) is 10.7. The number of carbonyl (C=O) groups is 4. The van der Waals surface area contributed by atoms with Crippen LogP contribution in [0.15, 0.2) is 23.6 Å². The number of benzene rings is 1. The second-order valence-corrected chi connectivity index (χ2v) is 8.19. The Kier molecular flexibility index (Phi) is 6.06. The van der Waals surface area contributed by atoms with E-state index in [-0.39, 0.29) is 41.6 Å². The Morgan fingerprint density at radius 2 is 2.18 bits per heavy atom. The van der Waals surface area contributed by atoms with Crippen LogP contribution in [0.4, 0.5) is 14.7 Å². The molecule has 1 aromatic carbocycles. The number of hydrogen-bond donors (Lipinski definition) is 6. The van der Waals surface area contributed by atoms with Gasteiger partial charge < -0.3 is 36.5 Å². The number of anilines is 1.